The minimum atomic E-state index is -5.15. The van der Waals surface area contributed by atoms with Crippen LogP contribution in [0.4, 0.5) is 5.95 Å². The number of nitrogens with two attached hydrogens (primary N) is 1. The molecule has 1 aliphatic rings. The van der Waals surface area contributed by atoms with Gasteiger partial charge in [0.05, 0.1) is 19.5 Å². The second kappa shape index (κ2) is 9.38. The van der Waals surface area contributed by atoms with Crippen molar-refractivity contribution >= 4 is 32.8 Å². The predicted octanol–water partition coefficient (Wildman–Crippen LogP) is -1.41. The van der Waals surface area contributed by atoms with Crippen LogP contribution in [-0.2, 0) is 27.2 Å². The van der Waals surface area contributed by atoms with Crippen molar-refractivity contribution in [3.05, 3.63) is 16.7 Å². The Morgan fingerprint density at radius 3 is 2.66 bits per heavy atom. The highest BCUT2D eigenvalue weighted by Crippen LogP contribution is 2.60. The second-order valence-corrected chi connectivity index (χ2v) is 9.47. The van der Waals surface area contributed by atoms with Crippen LogP contribution < -0.4 is 11.3 Å². The van der Waals surface area contributed by atoms with Gasteiger partial charge in [-0.1, -0.05) is 0 Å². The molecular weight excluding hydrogens is 476 g/mol. The van der Waals surface area contributed by atoms with Crippen molar-refractivity contribution in [3.8, 4) is 12.3 Å². The summed E-state index contributed by atoms with van der Waals surface area (Å²) in [6.07, 6.45) is 0.0670. The topological polar surface area (TPSA) is 242 Å². The quantitative estimate of drug-likeness (QED) is 0.133. The van der Waals surface area contributed by atoms with E-state index in [0.717, 1.165) is 10.9 Å². The van der Waals surface area contributed by atoms with Crippen LogP contribution in [0.3, 0.4) is 0 Å². The smallest absolute Gasteiger partial charge is 0.387 e. The van der Waals surface area contributed by atoms with Crippen molar-refractivity contribution in [1.82, 2.24) is 19.5 Å². The minimum absolute atomic E-state index is 0.0504. The van der Waals surface area contributed by atoms with Crippen LogP contribution in [0.25, 0.3) is 11.2 Å². The predicted molar refractivity (Wildman–Crippen MR) is 105 cm³/mol. The number of hydrogen-bond acceptors (Lipinski definition) is 12. The van der Waals surface area contributed by atoms with Crippen LogP contribution in [0, 0.1) is 12.3 Å². The van der Waals surface area contributed by atoms with Gasteiger partial charge in [-0.05, 0) is 0 Å². The molecule has 0 amide bonds. The lowest BCUT2D eigenvalue weighted by atomic mass is 10.1. The average molecular weight is 495 g/mol. The molecule has 2 unspecified atom stereocenters. The number of nitrogens with one attached hydrogen (secondary N) is 1. The fourth-order valence-corrected chi connectivity index (χ4v) is 4.87. The van der Waals surface area contributed by atoms with E-state index in [1.165, 1.54) is 0 Å². The van der Waals surface area contributed by atoms with Crippen LogP contribution in [0.5, 0.6) is 0 Å². The molecule has 3 rings (SSSR count). The normalized spacial score (nSPS) is 27.1. The lowest BCUT2D eigenvalue weighted by molar-refractivity contribution is -0.0504. The van der Waals surface area contributed by atoms with Gasteiger partial charge in [-0.2, -0.15) is 9.29 Å². The van der Waals surface area contributed by atoms with Gasteiger partial charge in [0.1, 0.15) is 18.3 Å². The van der Waals surface area contributed by atoms with Crippen LogP contribution in [0.1, 0.15) is 12.6 Å². The van der Waals surface area contributed by atoms with Gasteiger partial charge in [0.15, 0.2) is 17.4 Å². The standard InChI is InChI=1S/C14H19N5O11P2/c1-2-3-4-27-31(23,24)30-32(25,26)28-5-7-9(20)10(21)13(29-7)19-6-16-8-11(19)17-14(15)18-12(8)22/h1,6-7,9-10,13,20-21H,3-5H2,(H,23,24)(H,25,26)(H3,15,17,18,22)/t7-,9-,10-,13-/m1/s1. The fraction of sp³-hybridized carbons (Fsp3) is 0.500. The van der Waals surface area contributed by atoms with Crippen LogP contribution in [0.2, 0.25) is 0 Å². The molecule has 0 radical (unpaired) electrons. The van der Waals surface area contributed by atoms with Gasteiger partial charge in [-0.3, -0.25) is 23.4 Å². The van der Waals surface area contributed by atoms with Gasteiger partial charge in [0.2, 0.25) is 5.95 Å². The van der Waals surface area contributed by atoms with Gasteiger partial charge in [0, 0.05) is 6.42 Å². The monoisotopic (exact) mass is 495 g/mol. The molecule has 7 N–H and O–H groups in total. The average Bonchev–Trinajstić information content (AvgIpc) is 3.21. The Morgan fingerprint density at radius 1 is 1.28 bits per heavy atom. The number of ether oxygens (including phenoxy) is 1. The number of terminal acetylenes is 1. The lowest BCUT2D eigenvalue weighted by Gasteiger charge is -2.19. The number of aromatic nitrogens is 4. The summed E-state index contributed by atoms with van der Waals surface area (Å²) in [6.45, 7) is -1.25. The highest BCUT2D eigenvalue weighted by molar-refractivity contribution is 7.61. The fourth-order valence-electron chi connectivity index (χ4n) is 2.79. The van der Waals surface area contributed by atoms with Gasteiger partial charge in [0.25, 0.3) is 5.56 Å². The molecule has 2 aromatic rings. The molecule has 1 saturated heterocycles. The molecule has 2 aromatic heterocycles. The molecule has 3 heterocycles. The number of aliphatic hydroxyl groups is 2. The zero-order valence-electron chi connectivity index (χ0n) is 16.0. The molecule has 32 heavy (non-hydrogen) atoms. The SMILES string of the molecule is C#CCCOP(=O)(O)OP(=O)(O)OC[C@H]1O[C@@H](n2cnc3c(=O)[nH]c(N)nc32)[C@H](O)[C@@H]1O. The minimum Gasteiger partial charge on any atom is -0.387 e. The van der Waals surface area contributed by atoms with Crippen molar-refractivity contribution in [2.45, 2.75) is 31.0 Å². The van der Waals surface area contributed by atoms with E-state index in [9.17, 15) is 33.9 Å². The molecule has 176 valence electrons. The maximum Gasteiger partial charge on any atom is 0.481 e. The number of H-pyrrole nitrogens is 1. The highest BCUT2D eigenvalue weighted by Gasteiger charge is 2.46. The zero-order valence-corrected chi connectivity index (χ0v) is 17.8. The Morgan fingerprint density at radius 2 is 1.97 bits per heavy atom. The number of phosphoric acid groups is 2. The number of fused-ring (bicyclic) bond motifs is 1. The van der Waals surface area contributed by atoms with Gasteiger partial charge >= 0.3 is 15.6 Å². The number of nitrogens with zero attached hydrogens (tertiary/aromatic N) is 3. The maximum atomic E-state index is 11.9. The highest BCUT2D eigenvalue weighted by atomic mass is 31.3. The number of rotatable bonds is 9. The number of hydrogen-bond donors (Lipinski definition) is 6. The number of anilines is 1. The first-order chi connectivity index (χ1) is 14.9. The first-order valence-corrected chi connectivity index (χ1v) is 11.8. The number of nitrogen functional groups attached to an aromatic ring is 1. The third-order valence-corrected chi connectivity index (χ3v) is 6.81. The molecular formula is C14H19N5O11P2. The van der Waals surface area contributed by atoms with Crippen LogP contribution in [0.15, 0.2) is 11.1 Å². The van der Waals surface area contributed by atoms with Crippen molar-refractivity contribution < 1.29 is 47.2 Å². The molecule has 16 nitrogen and oxygen atoms in total. The van der Waals surface area contributed by atoms with E-state index in [2.05, 4.69) is 34.2 Å². The summed E-state index contributed by atoms with van der Waals surface area (Å²) < 4.78 is 43.3. The van der Waals surface area contributed by atoms with Gasteiger partial charge < -0.3 is 30.5 Å². The number of phosphoric ester groups is 2. The summed E-state index contributed by atoms with van der Waals surface area (Å²) in [5, 5.41) is 20.5. The van der Waals surface area contributed by atoms with Crippen molar-refractivity contribution in [2.24, 2.45) is 0 Å². The third-order valence-electron chi connectivity index (χ3n) is 4.17. The van der Waals surface area contributed by atoms with Crippen LogP contribution in [-0.4, -0.2) is 71.0 Å². The largest absolute Gasteiger partial charge is 0.481 e. The molecule has 6 atom stereocenters. The zero-order chi connectivity index (χ0) is 23.7. The number of imidazole rings is 1. The summed E-state index contributed by atoms with van der Waals surface area (Å²) in [7, 11) is -10.1. The summed E-state index contributed by atoms with van der Waals surface area (Å²) in [6, 6.07) is 0. The number of aliphatic hydroxyl groups excluding tert-OH is 2. The third kappa shape index (κ3) is 5.42. The van der Waals surface area contributed by atoms with Gasteiger partial charge in [-0.15, -0.1) is 12.3 Å². The molecule has 18 heteroatoms. The molecule has 1 aliphatic heterocycles. The van der Waals surface area contributed by atoms with Gasteiger partial charge in [-0.25, -0.2) is 14.1 Å². The Balaban J connectivity index is 1.68. The Bertz CT molecular complexity index is 1180. The Labute approximate surface area is 179 Å². The summed E-state index contributed by atoms with van der Waals surface area (Å²) >= 11 is 0. The summed E-state index contributed by atoms with van der Waals surface area (Å²) in [5.74, 6) is 1.90. The van der Waals surface area contributed by atoms with Crippen molar-refractivity contribution in [1.29, 1.82) is 0 Å². The molecule has 1 fully saturated rings. The van der Waals surface area contributed by atoms with Crippen molar-refractivity contribution in [3.63, 3.8) is 0 Å². The van der Waals surface area contributed by atoms with E-state index >= 15 is 0 Å². The van der Waals surface area contributed by atoms with E-state index in [1.807, 2.05) is 0 Å². The summed E-state index contributed by atoms with van der Waals surface area (Å²) in [4.78, 5) is 41.0. The molecule has 0 saturated carbocycles. The molecule has 0 spiro atoms. The second-order valence-electron chi connectivity index (χ2n) is 6.42. The van der Waals surface area contributed by atoms with Crippen molar-refractivity contribution in [2.75, 3.05) is 18.9 Å². The first-order valence-electron chi connectivity index (χ1n) is 8.77. The lowest BCUT2D eigenvalue weighted by Crippen LogP contribution is -2.33. The molecule has 0 aromatic carbocycles. The first kappa shape index (κ1) is 24.5. The van der Waals surface area contributed by atoms with E-state index < -0.39 is 59.0 Å². The molecule has 0 bridgehead atoms. The van der Waals surface area contributed by atoms with E-state index in [1.54, 1.807) is 0 Å². The Hall–Kier alpha value is -2.15. The number of aromatic amines is 1. The Kier molecular flexibility index (Phi) is 7.18. The summed E-state index contributed by atoms with van der Waals surface area (Å²) in [5.41, 5.74) is 4.70. The van der Waals surface area contributed by atoms with E-state index in [0.29, 0.717) is 0 Å². The van der Waals surface area contributed by atoms with Crippen LogP contribution >= 0.6 is 15.6 Å². The maximum absolute atomic E-state index is 11.9. The van der Waals surface area contributed by atoms with E-state index in [-0.39, 0.29) is 23.5 Å². The molecule has 0 aliphatic carbocycles. The van der Waals surface area contributed by atoms with E-state index in [4.69, 9.17) is 16.9 Å².